The lowest BCUT2D eigenvalue weighted by molar-refractivity contribution is 0.304. The number of ether oxygens (including phenoxy) is 2. The molecular formula is C14H14ClNO2. The number of hydrogen-bond donors (Lipinski definition) is 1. The summed E-state index contributed by atoms with van der Waals surface area (Å²) in [5.74, 6) is 1.32. The summed E-state index contributed by atoms with van der Waals surface area (Å²) in [6, 6.07) is 12.9. The maximum Gasteiger partial charge on any atom is 0.145 e. The fraction of sp³-hybridized carbons (Fsp3) is 0.143. The third-order valence-electron chi connectivity index (χ3n) is 2.50. The molecule has 0 fully saturated rings. The van der Waals surface area contributed by atoms with Crippen LogP contribution >= 0.6 is 11.6 Å². The fourth-order valence-corrected chi connectivity index (χ4v) is 1.79. The summed E-state index contributed by atoms with van der Waals surface area (Å²) < 4.78 is 10.8. The lowest BCUT2D eigenvalue weighted by Crippen LogP contribution is -1.97. The molecule has 4 heteroatoms. The molecule has 0 bridgehead atoms. The van der Waals surface area contributed by atoms with E-state index in [0.29, 0.717) is 28.8 Å². The van der Waals surface area contributed by atoms with Gasteiger partial charge in [0.15, 0.2) is 0 Å². The highest BCUT2D eigenvalue weighted by Crippen LogP contribution is 2.27. The molecule has 0 aliphatic rings. The molecular weight excluding hydrogens is 250 g/mol. The SMILES string of the molecule is COc1cc(OCc2cccc(Cl)c2)ccc1N. The number of halogens is 1. The van der Waals surface area contributed by atoms with Crippen molar-refractivity contribution >= 4 is 17.3 Å². The molecule has 18 heavy (non-hydrogen) atoms. The Morgan fingerprint density at radius 3 is 2.72 bits per heavy atom. The highest BCUT2D eigenvalue weighted by molar-refractivity contribution is 6.30. The first kappa shape index (κ1) is 12.6. The monoisotopic (exact) mass is 263 g/mol. The Bertz CT molecular complexity index is 543. The summed E-state index contributed by atoms with van der Waals surface area (Å²) in [6.45, 7) is 0.452. The van der Waals surface area contributed by atoms with Crippen LogP contribution in [-0.4, -0.2) is 7.11 Å². The van der Waals surface area contributed by atoms with Crippen molar-refractivity contribution < 1.29 is 9.47 Å². The fourth-order valence-electron chi connectivity index (χ4n) is 1.57. The van der Waals surface area contributed by atoms with Crippen LogP contribution in [-0.2, 0) is 6.61 Å². The van der Waals surface area contributed by atoms with Crippen molar-refractivity contribution in [2.75, 3.05) is 12.8 Å². The summed E-state index contributed by atoms with van der Waals surface area (Å²) in [7, 11) is 1.58. The van der Waals surface area contributed by atoms with Crippen molar-refractivity contribution in [3.8, 4) is 11.5 Å². The summed E-state index contributed by atoms with van der Waals surface area (Å²) in [5.41, 5.74) is 7.33. The van der Waals surface area contributed by atoms with Crippen LogP contribution < -0.4 is 15.2 Å². The second-order valence-electron chi connectivity index (χ2n) is 3.82. The first-order valence-corrected chi connectivity index (χ1v) is 5.87. The van der Waals surface area contributed by atoms with E-state index in [4.69, 9.17) is 26.8 Å². The molecule has 0 radical (unpaired) electrons. The molecule has 2 aromatic carbocycles. The highest BCUT2D eigenvalue weighted by atomic mass is 35.5. The van der Waals surface area contributed by atoms with Crippen LogP contribution in [0.25, 0.3) is 0 Å². The van der Waals surface area contributed by atoms with E-state index in [2.05, 4.69) is 0 Å². The number of benzene rings is 2. The van der Waals surface area contributed by atoms with Gasteiger partial charge in [-0.2, -0.15) is 0 Å². The second-order valence-corrected chi connectivity index (χ2v) is 4.26. The van der Waals surface area contributed by atoms with Gasteiger partial charge in [0.05, 0.1) is 12.8 Å². The lowest BCUT2D eigenvalue weighted by atomic mass is 10.2. The number of nitrogens with two attached hydrogens (primary N) is 1. The van der Waals surface area contributed by atoms with E-state index in [-0.39, 0.29) is 0 Å². The number of methoxy groups -OCH3 is 1. The van der Waals surface area contributed by atoms with Gasteiger partial charge >= 0.3 is 0 Å². The van der Waals surface area contributed by atoms with E-state index in [1.54, 1.807) is 19.2 Å². The molecule has 94 valence electrons. The third kappa shape index (κ3) is 3.08. The molecule has 2 aromatic rings. The predicted octanol–water partition coefficient (Wildman–Crippen LogP) is 3.51. The van der Waals surface area contributed by atoms with Crippen molar-refractivity contribution in [3.05, 3.63) is 53.1 Å². The topological polar surface area (TPSA) is 44.5 Å². The molecule has 0 saturated carbocycles. The quantitative estimate of drug-likeness (QED) is 0.859. The van der Waals surface area contributed by atoms with Crippen molar-refractivity contribution in [2.45, 2.75) is 6.61 Å². The largest absolute Gasteiger partial charge is 0.494 e. The van der Waals surface area contributed by atoms with Crippen LogP contribution in [0.1, 0.15) is 5.56 Å². The summed E-state index contributed by atoms with van der Waals surface area (Å²) in [4.78, 5) is 0. The van der Waals surface area contributed by atoms with E-state index in [9.17, 15) is 0 Å². The average Bonchev–Trinajstić information content (AvgIpc) is 2.38. The molecule has 0 spiro atoms. The minimum absolute atomic E-state index is 0.452. The van der Waals surface area contributed by atoms with E-state index >= 15 is 0 Å². The van der Waals surface area contributed by atoms with Gasteiger partial charge in [0.2, 0.25) is 0 Å². The van der Waals surface area contributed by atoms with Crippen LogP contribution in [0.4, 0.5) is 5.69 Å². The Morgan fingerprint density at radius 2 is 2.00 bits per heavy atom. The van der Waals surface area contributed by atoms with Gasteiger partial charge in [-0.05, 0) is 29.8 Å². The molecule has 0 amide bonds. The number of rotatable bonds is 4. The van der Waals surface area contributed by atoms with E-state index in [0.717, 1.165) is 5.56 Å². The van der Waals surface area contributed by atoms with Gasteiger partial charge in [-0.15, -0.1) is 0 Å². The average molecular weight is 264 g/mol. The van der Waals surface area contributed by atoms with E-state index in [1.165, 1.54) is 0 Å². The van der Waals surface area contributed by atoms with Gasteiger partial charge in [0, 0.05) is 11.1 Å². The molecule has 0 unspecified atom stereocenters. The Labute approximate surface area is 111 Å². The zero-order valence-corrected chi connectivity index (χ0v) is 10.8. The molecule has 0 aliphatic heterocycles. The van der Waals surface area contributed by atoms with Gasteiger partial charge in [0.25, 0.3) is 0 Å². The van der Waals surface area contributed by atoms with Crippen molar-refractivity contribution in [1.29, 1.82) is 0 Å². The molecule has 0 heterocycles. The Balaban J connectivity index is 2.06. The lowest BCUT2D eigenvalue weighted by Gasteiger charge is -2.09. The van der Waals surface area contributed by atoms with Gasteiger partial charge in [-0.25, -0.2) is 0 Å². The van der Waals surface area contributed by atoms with Gasteiger partial charge < -0.3 is 15.2 Å². The smallest absolute Gasteiger partial charge is 0.145 e. The van der Waals surface area contributed by atoms with Crippen LogP contribution in [0.2, 0.25) is 5.02 Å². The molecule has 3 nitrogen and oxygen atoms in total. The van der Waals surface area contributed by atoms with E-state index < -0.39 is 0 Å². The maximum atomic E-state index is 5.90. The first-order valence-electron chi connectivity index (χ1n) is 5.50. The maximum absolute atomic E-state index is 5.90. The van der Waals surface area contributed by atoms with Crippen molar-refractivity contribution in [1.82, 2.24) is 0 Å². The minimum atomic E-state index is 0.452. The van der Waals surface area contributed by atoms with Crippen molar-refractivity contribution in [2.24, 2.45) is 0 Å². The van der Waals surface area contributed by atoms with E-state index in [1.807, 2.05) is 30.3 Å². The summed E-state index contributed by atoms with van der Waals surface area (Å²) in [5, 5.41) is 0.700. The van der Waals surface area contributed by atoms with Gasteiger partial charge in [-0.1, -0.05) is 23.7 Å². The molecule has 2 N–H and O–H groups in total. The Hall–Kier alpha value is -1.87. The minimum Gasteiger partial charge on any atom is -0.494 e. The highest BCUT2D eigenvalue weighted by Gasteiger charge is 2.02. The molecule has 0 aromatic heterocycles. The second kappa shape index (κ2) is 5.65. The number of hydrogen-bond acceptors (Lipinski definition) is 3. The summed E-state index contributed by atoms with van der Waals surface area (Å²) in [6.07, 6.45) is 0. The van der Waals surface area contributed by atoms with Crippen LogP contribution in [0.15, 0.2) is 42.5 Å². The molecule has 2 rings (SSSR count). The van der Waals surface area contributed by atoms with Crippen LogP contribution in [0.3, 0.4) is 0 Å². The third-order valence-corrected chi connectivity index (χ3v) is 2.73. The summed E-state index contributed by atoms with van der Waals surface area (Å²) >= 11 is 5.90. The number of anilines is 1. The molecule has 0 aliphatic carbocycles. The zero-order valence-electron chi connectivity index (χ0n) is 10.0. The molecule has 0 saturated heterocycles. The Kier molecular flexibility index (Phi) is 3.95. The van der Waals surface area contributed by atoms with Gasteiger partial charge in [-0.3, -0.25) is 0 Å². The Morgan fingerprint density at radius 1 is 1.17 bits per heavy atom. The first-order chi connectivity index (χ1) is 8.69. The normalized spacial score (nSPS) is 10.1. The number of nitrogen functional groups attached to an aromatic ring is 1. The van der Waals surface area contributed by atoms with Gasteiger partial charge in [0.1, 0.15) is 18.1 Å². The van der Waals surface area contributed by atoms with Crippen LogP contribution in [0.5, 0.6) is 11.5 Å². The molecule has 0 atom stereocenters. The van der Waals surface area contributed by atoms with Crippen molar-refractivity contribution in [3.63, 3.8) is 0 Å². The standard InChI is InChI=1S/C14H14ClNO2/c1-17-14-8-12(5-6-13(14)16)18-9-10-3-2-4-11(15)7-10/h2-8H,9,16H2,1H3. The predicted molar refractivity (Wildman–Crippen MR) is 73.2 cm³/mol. The van der Waals surface area contributed by atoms with Crippen LogP contribution in [0, 0.1) is 0 Å². The zero-order chi connectivity index (χ0) is 13.0.